The van der Waals surface area contributed by atoms with Crippen LogP contribution >= 0.6 is 0 Å². The van der Waals surface area contributed by atoms with E-state index >= 15 is 4.39 Å². The number of alkyl halides is 1. The molecule has 5 fully saturated rings. The number of rotatable bonds is 9. The number of aryl methyl sites for hydroxylation is 1. The third kappa shape index (κ3) is 7.29. The largest absolute Gasteiger partial charge is 0.393 e. The van der Waals surface area contributed by atoms with Gasteiger partial charge in [0.15, 0.2) is 5.82 Å². The molecule has 10 rings (SSSR count). The number of fused-ring (bicyclic) bond motifs is 3. The van der Waals surface area contributed by atoms with Crippen molar-refractivity contribution in [2.75, 3.05) is 59.3 Å². The molecular formula is C44H54FN11O6S. The lowest BCUT2D eigenvalue weighted by Crippen LogP contribution is -2.52. The van der Waals surface area contributed by atoms with E-state index in [0.717, 1.165) is 73.0 Å². The quantitative estimate of drug-likeness (QED) is 0.220. The number of sulfonamides is 1. The number of urea groups is 1. The van der Waals surface area contributed by atoms with Crippen LogP contribution in [-0.4, -0.2) is 130 Å². The second-order valence-corrected chi connectivity index (χ2v) is 20.2. The van der Waals surface area contributed by atoms with Crippen LogP contribution in [0.5, 0.6) is 0 Å². The number of nitrogens with one attached hydrogen (secondary N) is 2. The zero-order chi connectivity index (χ0) is 43.9. The number of piperidine rings is 1. The van der Waals surface area contributed by atoms with Gasteiger partial charge >= 0.3 is 6.03 Å². The van der Waals surface area contributed by atoms with Crippen molar-refractivity contribution >= 4 is 62.0 Å². The molecule has 17 nitrogen and oxygen atoms in total. The van der Waals surface area contributed by atoms with Crippen LogP contribution in [-0.2, 0) is 32.1 Å². The second kappa shape index (κ2) is 15.8. The SMILES string of the molecule is C[C@H](c1cccc(S(=O)(=O)N2CCC(Nc3ncc4c(n3)N([C@@H]3CCCC(O)C3)C(=O)C43CC3)[C@H](F)C2)c1)N1CCN(c2ccc3c(N4CCC(=O)NC4=O)nn(C)c3c2)[C@@H](C)C1. The summed E-state index contributed by atoms with van der Waals surface area (Å²) in [7, 11) is -2.17. The third-order valence-electron chi connectivity index (χ3n) is 14.3. The highest BCUT2D eigenvalue weighted by molar-refractivity contribution is 7.89. The average Bonchev–Trinajstić information content (AvgIpc) is 3.96. The molecule has 19 heteroatoms. The highest BCUT2D eigenvalue weighted by Crippen LogP contribution is 2.57. The fourth-order valence-corrected chi connectivity index (χ4v) is 12.1. The molecule has 6 atom stereocenters. The summed E-state index contributed by atoms with van der Waals surface area (Å²) in [6.45, 7) is 6.49. The number of anilines is 4. The number of imide groups is 1. The van der Waals surface area contributed by atoms with E-state index in [0.29, 0.717) is 24.5 Å². The summed E-state index contributed by atoms with van der Waals surface area (Å²) in [5.74, 6) is 0.981. The van der Waals surface area contributed by atoms with E-state index in [-0.39, 0.29) is 73.3 Å². The summed E-state index contributed by atoms with van der Waals surface area (Å²) in [5.41, 5.74) is 2.96. The molecule has 0 radical (unpaired) electrons. The summed E-state index contributed by atoms with van der Waals surface area (Å²) in [5, 5.41) is 21.3. The first-order chi connectivity index (χ1) is 30.2. The van der Waals surface area contributed by atoms with Crippen LogP contribution in [0.2, 0.25) is 0 Å². The highest BCUT2D eigenvalue weighted by Gasteiger charge is 2.61. The van der Waals surface area contributed by atoms with Crippen LogP contribution < -0.4 is 25.3 Å². The van der Waals surface area contributed by atoms with Crippen molar-refractivity contribution in [1.82, 2.24) is 34.3 Å². The maximum Gasteiger partial charge on any atom is 0.329 e. The molecule has 334 valence electrons. The van der Waals surface area contributed by atoms with Crippen LogP contribution in [0, 0.1) is 0 Å². The number of aliphatic hydroxyl groups is 1. The van der Waals surface area contributed by atoms with E-state index in [1.54, 1.807) is 34.0 Å². The minimum atomic E-state index is -4.01. The Hall–Kier alpha value is -5.24. The Morgan fingerprint density at radius 2 is 1.83 bits per heavy atom. The monoisotopic (exact) mass is 883 g/mol. The number of halogens is 1. The van der Waals surface area contributed by atoms with Crippen molar-refractivity contribution in [3.05, 3.63) is 59.8 Å². The third-order valence-corrected chi connectivity index (χ3v) is 16.2. The molecule has 4 aromatic rings. The highest BCUT2D eigenvalue weighted by atomic mass is 32.2. The Labute approximate surface area is 365 Å². The van der Waals surface area contributed by atoms with Gasteiger partial charge in [0.2, 0.25) is 27.8 Å². The van der Waals surface area contributed by atoms with Crippen molar-refractivity contribution in [3.8, 4) is 0 Å². The van der Waals surface area contributed by atoms with E-state index in [2.05, 4.69) is 50.4 Å². The number of amides is 4. The van der Waals surface area contributed by atoms with Gasteiger partial charge in [0.1, 0.15) is 12.0 Å². The smallest absolute Gasteiger partial charge is 0.329 e. The Bertz CT molecular complexity index is 2610. The van der Waals surface area contributed by atoms with Crippen molar-refractivity contribution in [3.63, 3.8) is 0 Å². The standard InChI is InChI=1S/C44H54FN11O6S/c1-26-24-52(18-19-54(26)29-10-11-33-37(22-29)51(3)50-39(33)55-17-13-38(58)48-43(55)60)27(2)28-6-4-9-32(20-28)63(61,62)53-16-12-36(35(45)25-53)47-42-46-23-34-40(49-42)56(41(59)44(34)14-15-44)30-7-5-8-31(57)21-30/h4,6,9-11,20,22-23,26-27,30-31,35-36,57H,5,7-8,12-19,21,24-25H2,1-3H3,(H,46,47,49)(H,48,58,60)/t26-,27+,30+,31?,35+,36?/m0/s1. The van der Waals surface area contributed by atoms with Gasteiger partial charge in [0.05, 0.1) is 28.0 Å². The first kappa shape index (κ1) is 41.8. The van der Waals surface area contributed by atoms with E-state index in [1.165, 1.54) is 9.21 Å². The summed E-state index contributed by atoms with van der Waals surface area (Å²) >= 11 is 0. The van der Waals surface area contributed by atoms with E-state index < -0.39 is 39.8 Å². The second-order valence-electron chi connectivity index (χ2n) is 18.3. The number of nitrogens with zero attached hydrogens (tertiary/aromatic N) is 9. The summed E-state index contributed by atoms with van der Waals surface area (Å²) in [4.78, 5) is 55.3. The van der Waals surface area contributed by atoms with Gasteiger partial charge in [-0.05, 0) is 94.7 Å². The summed E-state index contributed by atoms with van der Waals surface area (Å²) in [6, 6.07) is 11.8. The number of aromatic nitrogens is 4. The zero-order valence-corrected chi connectivity index (χ0v) is 36.6. The van der Waals surface area contributed by atoms with Crippen molar-refractivity contribution in [1.29, 1.82) is 0 Å². The Balaban J connectivity index is 0.778. The number of hydrogen-bond donors (Lipinski definition) is 3. The molecule has 2 aliphatic carbocycles. The van der Waals surface area contributed by atoms with Crippen molar-refractivity contribution in [2.24, 2.45) is 7.05 Å². The molecule has 3 saturated heterocycles. The Kier molecular flexibility index (Phi) is 10.5. The topological polar surface area (TPSA) is 189 Å². The van der Waals surface area contributed by atoms with Gasteiger partial charge in [0, 0.05) is 93.7 Å². The normalized spacial score (nSPS) is 27.2. The van der Waals surface area contributed by atoms with E-state index in [1.807, 2.05) is 25.2 Å². The maximum absolute atomic E-state index is 16.0. The molecule has 2 aromatic carbocycles. The van der Waals surface area contributed by atoms with Gasteiger partial charge in [0.25, 0.3) is 0 Å². The molecule has 4 amide bonds. The first-order valence-electron chi connectivity index (χ1n) is 22.2. The number of benzene rings is 2. The van der Waals surface area contributed by atoms with Gasteiger partial charge in [-0.15, -0.1) is 0 Å². The molecule has 63 heavy (non-hydrogen) atoms. The lowest BCUT2D eigenvalue weighted by Gasteiger charge is -2.43. The molecule has 6 heterocycles. The molecule has 6 aliphatic rings. The van der Waals surface area contributed by atoms with Crippen LogP contribution in [0.3, 0.4) is 0 Å². The first-order valence-corrected chi connectivity index (χ1v) is 23.6. The Morgan fingerprint density at radius 1 is 1.00 bits per heavy atom. The maximum atomic E-state index is 16.0. The van der Waals surface area contributed by atoms with Gasteiger partial charge < -0.3 is 15.3 Å². The van der Waals surface area contributed by atoms with Gasteiger partial charge in [-0.25, -0.2) is 22.6 Å². The predicted molar refractivity (Wildman–Crippen MR) is 234 cm³/mol. The molecule has 0 bridgehead atoms. The molecule has 2 aromatic heterocycles. The predicted octanol–water partition coefficient (Wildman–Crippen LogP) is 3.98. The summed E-state index contributed by atoms with van der Waals surface area (Å²) < 4.78 is 47.1. The van der Waals surface area contributed by atoms with Gasteiger partial charge in [-0.2, -0.15) is 14.4 Å². The van der Waals surface area contributed by atoms with Gasteiger partial charge in [-0.3, -0.25) is 34.3 Å². The molecule has 3 N–H and O–H groups in total. The van der Waals surface area contributed by atoms with Crippen molar-refractivity contribution < 1.29 is 32.3 Å². The van der Waals surface area contributed by atoms with Crippen molar-refractivity contribution in [2.45, 2.75) is 112 Å². The minimum Gasteiger partial charge on any atom is -0.393 e. The number of aliphatic hydroxyl groups excluding tert-OH is 1. The van der Waals surface area contributed by atoms with Gasteiger partial charge in [-0.1, -0.05) is 12.1 Å². The Morgan fingerprint density at radius 3 is 2.57 bits per heavy atom. The molecule has 2 unspecified atom stereocenters. The minimum absolute atomic E-state index is 0.0140. The van der Waals surface area contributed by atoms with Crippen LogP contribution in [0.15, 0.2) is 53.6 Å². The summed E-state index contributed by atoms with van der Waals surface area (Å²) in [6.07, 6.45) is 4.40. The molecule has 1 spiro atoms. The molecule has 4 aliphatic heterocycles. The number of hydrogen-bond acceptors (Lipinski definition) is 12. The number of piperazine rings is 1. The molecular weight excluding hydrogens is 830 g/mol. The number of carbonyl (C=O) groups is 3. The van der Waals surface area contributed by atoms with Crippen LogP contribution in [0.4, 0.5) is 32.5 Å². The zero-order valence-electron chi connectivity index (χ0n) is 35.8. The van der Waals surface area contributed by atoms with E-state index in [4.69, 9.17) is 4.98 Å². The molecule has 2 saturated carbocycles. The lowest BCUT2D eigenvalue weighted by atomic mass is 9.92. The van der Waals surface area contributed by atoms with E-state index in [9.17, 15) is 27.9 Å². The van der Waals surface area contributed by atoms with Crippen LogP contribution in [0.1, 0.15) is 82.4 Å². The fourth-order valence-electron chi connectivity index (χ4n) is 10.5. The van der Waals surface area contributed by atoms with Crippen LogP contribution in [0.25, 0.3) is 10.9 Å². The average molecular weight is 884 g/mol. The fraction of sp³-hybridized carbons (Fsp3) is 0.545. The number of carbonyl (C=O) groups excluding carboxylic acids is 3. The lowest BCUT2D eigenvalue weighted by molar-refractivity contribution is -0.121.